The Bertz CT molecular complexity index is 359. The molecule has 21 heavy (non-hydrogen) atoms. The number of carbonyl (C=O) groups excluding carboxylic acids is 2. The lowest BCUT2D eigenvalue weighted by Crippen LogP contribution is -2.40. The molecule has 2 fully saturated rings. The summed E-state index contributed by atoms with van der Waals surface area (Å²) in [5.41, 5.74) is -0.108. The summed E-state index contributed by atoms with van der Waals surface area (Å²) in [6, 6.07) is 0. The van der Waals surface area contributed by atoms with Gasteiger partial charge in [-0.1, -0.05) is 25.7 Å². The van der Waals surface area contributed by atoms with Gasteiger partial charge in [-0.05, 0) is 25.7 Å². The van der Waals surface area contributed by atoms with Crippen molar-refractivity contribution in [3.63, 3.8) is 0 Å². The molecule has 0 aromatic rings. The van der Waals surface area contributed by atoms with Gasteiger partial charge in [0, 0.05) is 30.8 Å². The standard InChI is InChI=1S/C16H28N2O3/c19-12-16(8-3-4-9-16)11-18-14(20)7-10-17-15(21)13-5-1-2-6-13/h13,19H,1-12H2,(H,17,21)(H,18,20). The molecule has 2 amide bonds. The van der Waals surface area contributed by atoms with E-state index in [0.29, 0.717) is 19.5 Å². The van der Waals surface area contributed by atoms with Gasteiger partial charge >= 0.3 is 0 Å². The van der Waals surface area contributed by atoms with Gasteiger partial charge in [-0.15, -0.1) is 0 Å². The third-order valence-electron chi connectivity index (χ3n) is 5.04. The van der Waals surface area contributed by atoms with Crippen LogP contribution in [0, 0.1) is 11.3 Å². The van der Waals surface area contributed by atoms with Crippen molar-refractivity contribution >= 4 is 11.8 Å². The van der Waals surface area contributed by atoms with E-state index in [0.717, 1.165) is 51.4 Å². The number of hydrogen-bond acceptors (Lipinski definition) is 3. The minimum Gasteiger partial charge on any atom is -0.396 e. The molecule has 5 nitrogen and oxygen atoms in total. The molecule has 0 bridgehead atoms. The molecule has 2 aliphatic rings. The van der Waals surface area contributed by atoms with Crippen LogP contribution in [0.15, 0.2) is 0 Å². The number of carbonyl (C=O) groups is 2. The molecule has 0 saturated heterocycles. The fraction of sp³-hybridized carbons (Fsp3) is 0.875. The van der Waals surface area contributed by atoms with Crippen LogP contribution in [0.4, 0.5) is 0 Å². The van der Waals surface area contributed by atoms with E-state index < -0.39 is 0 Å². The van der Waals surface area contributed by atoms with Gasteiger partial charge in [-0.25, -0.2) is 0 Å². The summed E-state index contributed by atoms with van der Waals surface area (Å²) in [7, 11) is 0. The van der Waals surface area contributed by atoms with E-state index in [4.69, 9.17) is 0 Å². The molecule has 2 aliphatic carbocycles. The molecule has 0 aromatic carbocycles. The molecule has 2 rings (SSSR count). The van der Waals surface area contributed by atoms with Crippen LogP contribution < -0.4 is 10.6 Å². The molecular weight excluding hydrogens is 268 g/mol. The summed E-state index contributed by atoms with van der Waals surface area (Å²) >= 11 is 0. The first-order valence-electron chi connectivity index (χ1n) is 8.30. The van der Waals surface area contributed by atoms with Gasteiger partial charge < -0.3 is 15.7 Å². The number of amides is 2. The Hall–Kier alpha value is -1.10. The Labute approximate surface area is 126 Å². The van der Waals surface area contributed by atoms with Crippen molar-refractivity contribution in [1.29, 1.82) is 0 Å². The van der Waals surface area contributed by atoms with E-state index >= 15 is 0 Å². The van der Waals surface area contributed by atoms with E-state index in [-0.39, 0.29) is 29.8 Å². The summed E-state index contributed by atoms with van der Waals surface area (Å²) in [5.74, 6) is 0.216. The third kappa shape index (κ3) is 4.70. The number of rotatable bonds is 7. The van der Waals surface area contributed by atoms with Gasteiger partial charge in [-0.2, -0.15) is 0 Å². The van der Waals surface area contributed by atoms with Crippen LogP contribution in [0.3, 0.4) is 0 Å². The fourth-order valence-corrected chi connectivity index (χ4v) is 3.52. The molecule has 0 radical (unpaired) electrons. The van der Waals surface area contributed by atoms with Crippen molar-refractivity contribution in [3.05, 3.63) is 0 Å². The van der Waals surface area contributed by atoms with Crippen molar-refractivity contribution in [2.75, 3.05) is 19.7 Å². The van der Waals surface area contributed by atoms with Gasteiger partial charge in [0.2, 0.25) is 11.8 Å². The lowest BCUT2D eigenvalue weighted by atomic mass is 9.87. The summed E-state index contributed by atoms with van der Waals surface area (Å²) in [6.45, 7) is 1.11. The second-order valence-corrected chi connectivity index (χ2v) is 6.66. The average Bonchev–Trinajstić information content (AvgIpc) is 3.17. The van der Waals surface area contributed by atoms with Gasteiger partial charge in [0.15, 0.2) is 0 Å². The Morgan fingerprint density at radius 3 is 2.33 bits per heavy atom. The summed E-state index contributed by atoms with van der Waals surface area (Å²) < 4.78 is 0. The molecule has 120 valence electrons. The van der Waals surface area contributed by atoms with Crippen LogP contribution in [0.5, 0.6) is 0 Å². The highest BCUT2D eigenvalue weighted by Crippen LogP contribution is 2.36. The van der Waals surface area contributed by atoms with Crippen molar-refractivity contribution in [1.82, 2.24) is 10.6 Å². The zero-order chi connectivity index (χ0) is 15.1. The minimum atomic E-state index is -0.108. The number of aliphatic hydroxyl groups is 1. The first kappa shape index (κ1) is 16.3. The first-order valence-corrected chi connectivity index (χ1v) is 8.30. The predicted octanol–water partition coefficient (Wildman–Crippen LogP) is 1.35. The van der Waals surface area contributed by atoms with Crippen LogP contribution >= 0.6 is 0 Å². The number of aliphatic hydroxyl groups excluding tert-OH is 1. The molecule has 0 aromatic heterocycles. The van der Waals surface area contributed by atoms with E-state index in [1.807, 2.05) is 0 Å². The van der Waals surface area contributed by atoms with Crippen molar-refractivity contribution in [3.8, 4) is 0 Å². The van der Waals surface area contributed by atoms with Crippen molar-refractivity contribution in [2.24, 2.45) is 11.3 Å². The molecule has 2 saturated carbocycles. The normalized spacial score (nSPS) is 21.4. The van der Waals surface area contributed by atoms with E-state index in [9.17, 15) is 14.7 Å². The fourth-order valence-electron chi connectivity index (χ4n) is 3.52. The highest BCUT2D eigenvalue weighted by Gasteiger charge is 2.33. The number of nitrogens with one attached hydrogen (secondary N) is 2. The minimum absolute atomic E-state index is 0.0403. The van der Waals surface area contributed by atoms with E-state index in [1.54, 1.807) is 0 Å². The maximum absolute atomic E-state index is 11.8. The zero-order valence-corrected chi connectivity index (χ0v) is 12.8. The quantitative estimate of drug-likeness (QED) is 0.663. The molecule has 0 aliphatic heterocycles. The lowest BCUT2D eigenvalue weighted by molar-refractivity contribution is -0.125. The first-order chi connectivity index (χ1) is 10.2. The Morgan fingerprint density at radius 1 is 1.05 bits per heavy atom. The van der Waals surface area contributed by atoms with Crippen LogP contribution in [-0.4, -0.2) is 36.6 Å². The van der Waals surface area contributed by atoms with Gasteiger partial charge in [0.25, 0.3) is 0 Å². The topological polar surface area (TPSA) is 78.4 Å². The summed E-state index contributed by atoms with van der Waals surface area (Å²) in [5, 5.41) is 15.3. The SMILES string of the molecule is O=C(CCNC(=O)C1CCCC1)NCC1(CO)CCCC1. The Kier molecular flexibility index (Phi) is 6.03. The highest BCUT2D eigenvalue weighted by molar-refractivity contribution is 5.80. The van der Waals surface area contributed by atoms with Crippen LogP contribution in [0.25, 0.3) is 0 Å². The second-order valence-electron chi connectivity index (χ2n) is 6.66. The Morgan fingerprint density at radius 2 is 1.71 bits per heavy atom. The van der Waals surface area contributed by atoms with Crippen LogP contribution in [0.2, 0.25) is 0 Å². The molecule has 3 N–H and O–H groups in total. The average molecular weight is 296 g/mol. The van der Waals surface area contributed by atoms with Crippen molar-refractivity contribution < 1.29 is 14.7 Å². The number of hydrogen-bond donors (Lipinski definition) is 3. The van der Waals surface area contributed by atoms with Gasteiger partial charge in [0.1, 0.15) is 0 Å². The Balaban J connectivity index is 1.60. The predicted molar refractivity (Wildman–Crippen MR) is 80.6 cm³/mol. The summed E-state index contributed by atoms with van der Waals surface area (Å²) in [6.07, 6.45) is 8.81. The molecule has 0 heterocycles. The summed E-state index contributed by atoms with van der Waals surface area (Å²) in [4.78, 5) is 23.6. The van der Waals surface area contributed by atoms with E-state index in [2.05, 4.69) is 10.6 Å². The molecular formula is C16H28N2O3. The molecule has 0 unspecified atom stereocenters. The van der Waals surface area contributed by atoms with Gasteiger partial charge in [-0.3, -0.25) is 9.59 Å². The maximum Gasteiger partial charge on any atom is 0.223 e. The highest BCUT2D eigenvalue weighted by atomic mass is 16.3. The smallest absolute Gasteiger partial charge is 0.223 e. The maximum atomic E-state index is 11.8. The molecule has 0 atom stereocenters. The third-order valence-corrected chi connectivity index (χ3v) is 5.04. The van der Waals surface area contributed by atoms with E-state index in [1.165, 1.54) is 0 Å². The van der Waals surface area contributed by atoms with Crippen LogP contribution in [0.1, 0.15) is 57.8 Å². The zero-order valence-electron chi connectivity index (χ0n) is 12.8. The lowest BCUT2D eigenvalue weighted by Gasteiger charge is -2.26. The van der Waals surface area contributed by atoms with Crippen LogP contribution in [-0.2, 0) is 9.59 Å². The monoisotopic (exact) mass is 296 g/mol. The molecule has 5 heteroatoms. The second kappa shape index (κ2) is 7.78. The molecule has 0 spiro atoms. The largest absolute Gasteiger partial charge is 0.396 e. The van der Waals surface area contributed by atoms with Crippen molar-refractivity contribution in [2.45, 2.75) is 57.8 Å². The van der Waals surface area contributed by atoms with Gasteiger partial charge in [0.05, 0.1) is 6.61 Å².